The molecule has 206 valence electrons. The molecule has 0 aliphatic carbocycles. The van der Waals surface area contributed by atoms with E-state index >= 15 is 0 Å². The molecule has 6 nitrogen and oxygen atoms in total. The number of para-hydroxylation sites is 1. The van der Waals surface area contributed by atoms with Crippen LogP contribution in [0.1, 0.15) is 26.3 Å². The summed E-state index contributed by atoms with van der Waals surface area (Å²) in [5.74, 6) is -0.692. The predicted molar refractivity (Wildman–Crippen MR) is 172 cm³/mol. The smallest absolute Gasteiger partial charge is 0.268 e. The number of benzene rings is 5. The molecule has 1 aliphatic rings. The highest BCUT2D eigenvalue weighted by Gasteiger charge is 2.39. The van der Waals surface area contributed by atoms with Gasteiger partial charge in [-0.05, 0) is 65.2 Å². The molecule has 5 aromatic carbocycles. The molecule has 8 rings (SSSR count). The average molecular weight is 567 g/mol. The molecule has 0 unspecified atom stereocenters. The molecule has 7 aromatic rings. The maximum Gasteiger partial charge on any atom is 0.268 e. The number of carbonyl (C=O) groups is 2. The summed E-state index contributed by atoms with van der Waals surface area (Å²) in [6.45, 7) is 0. The molecule has 3 heterocycles. The zero-order valence-corrected chi connectivity index (χ0v) is 23.3. The van der Waals surface area contributed by atoms with Crippen LogP contribution in [-0.2, 0) is 0 Å². The van der Waals surface area contributed by atoms with Crippen molar-refractivity contribution in [2.75, 3.05) is 4.90 Å². The number of hydrogen-bond acceptors (Lipinski definition) is 4. The normalized spacial score (nSPS) is 12.6. The van der Waals surface area contributed by atoms with Gasteiger partial charge in [-0.15, -0.1) is 0 Å². The third-order valence-corrected chi connectivity index (χ3v) is 8.24. The molecule has 2 aromatic heterocycles. The maximum absolute atomic E-state index is 14.1. The minimum absolute atomic E-state index is 0.341. The van der Waals surface area contributed by atoms with E-state index in [2.05, 4.69) is 27.8 Å². The second-order valence-corrected chi connectivity index (χ2v) is 10.7. The van der Waals surface area contributed by atoms with Gasteiger partial charge in [-0.1, -0.05) is 72.8 Å². The quantitative estimate of drug-likeness (QED) is 0.201. The lowest BCUT2D eigenvalue weighted by Crippen LogP contribution is -2.29. The summed E-state index contributed by atoms with van der Waals surface area (Å²) >= 11 is 0. The van der Waals surface area contributed by atoms with Crippen LogP contribution in [0, 0.1) is 11.3 Å². The van der Waals surface area contributed by atoms with Crippen molar-refractivity contribution in [3.63, 3.8) is 0 Å². The molecular formula is C38H22N4O2. The van der Waals surface area contributed by atoms with Crippen molar-refractivity contribution in [1.29, 1.82) is 5.26 Å². The van der Waals surface area contributed by atoms with E-state index in [1.54, 1.807) is 18.5 Å². The fourth-order valence-corrected chi connectivity index (χ4v) is 6.19. The molecule has 0 radical (unpaired) electrons. The maximum atomic E-state index is 14.1. The van der Waals surface area contributed by atoms with Crippen molar-refractivity contribution in [3.8, 4) is 34.0 Å². The van der Waals surface area contributed by atoms with Crippen LogP contribution in [0.5, 0.6) is 0 Å². The van der Waals surface area contributed by atoms with E-state index in [-0.39, 0.29) is 11.8 Å². The van der Waals surface area contributed by atoms with Crippen LogP contribution < -0.4 is 4.90 Å². The minimum atomic E-state index is -0.352. The zero-order chi connectivity index (χ0) is 29.8. The number of imide groups is 1. The summed E-state index contributed by atoms with van der Waals surface area (Å²) in [6.07, 6.45) is 3.29. The number of pyridine rings is 1. The van der Waals surface area contributed by atoms with Crippen molar-refractivity contribution >= 4 is 39.3 Å². The van der Waals surface area contributed by atoms with Crippen LogP contribution in [0.4, 0.5) is 5.69 Å². The first-order valence-corrected chi connectivity index (χ1v) is 14.2. The molecular weight excluding hydrogens is 544 g/mol. The number of nitriles is 1. The van der Waals surface area contributed by atoms with E-state index < -0.39 is 0 Å². The van der Waals surface area contributed by atoms with E-state index in [1.807, 2.05) is 103 Å². The fourth-order valence-electron chi connectivity index (χ4n) is 6.19. The lowest BCUT2D eigenvalue weighted by molar-refractivity contribution is 0.0926. The Morgan fingerprint density at radius 1 is 0.591 bits per heavy atom. The van der Waals surface area contributed by atoms with Crippen LogP contribution in [0.3, 0.4) is 0 Å². The van der Waals surface area contributed by atoms with Crippen LogP contribution in [0.25, 0.3) is 49.7 Å². The van der Waals surface area contributed by atoms with Crippen LogP contribution in [-0.4, -0.2) is 21.4 Å². The summed E-state index contributed by atoms with van der Waals surface area (Å²) in [4.78, 5) is 33.3. The van der Waals surface area contributed by atoms with Gasteiger partial charge in [-0.3, -0.25) is 14.6 Å². The van der Waals surface area contributed by atoms with Gasteiger partial charge in [0.15, 0.2) is 0 Å². The molecule has 0 atom stereocenters. The number of carbonyl (C=O) groups excluding carboxylic acids is 2. The summed E-state index contributed by atoms with van der Waals surface area (Å²) in [5.41, 5.74) is 8.09. The Hall–Kier alpha value is -6.32. The summed E-state index contributed by atoms with van der Waals surface area (Å²) in [5, 5.41) is 11.4. The molecule has 0 saturated carbocycles. The Morgan fingerprint density at radius 3 is 2.14 bits per heavy atom. The fraction of sp³-hybridized carbons (Fsp3) is 0. The van der Waals surface area contributed by atoms with Gasteiger partial charge in [0.25, 0.3) is 11.8 Å². The van der Waals surface area contributed by atoms with Gasteiger partial charge in [0.05, 0.1) is 39.1 Å². The first kappa shape index (κ1) is 25.4. The van der Waals surface area contributed by atoms with Gasteiger partial charge < -0.3 is 4.57 Å². The van der Waals surface area contributed by atoms with Gasteiger partial charge in [-0.25, -0.2) is 4.90 Å². The second kappa shape index (κ2) is 9.90. The van der Waals surface area contributed by atoms with Crippen LogP contribution in [0.2, 0.25) is 0 Å². The van der Waals surface area contributed by atoms with E-state index in [1.165, 1.54) is 4.90 Å². The number of aromatic nitrogens is 2. The number of hydrogen-bond donors (Lipinski definition) is 0. The highest BCUT2D eigenvalue weighted by molar-refractivity contribution is 6.35. The van der Waals surface area contributed by atoms with Gasteiger partial charge in [0.2, 0.25) is 0 Å². The molecule has 6 heteroatoms. The number of anilines is 1. The highest BCUT2D eigenvalue weighted by Crippen LogP contribution is 2.39. The topological polar surface area (TPSA) is 79.0 Å². The lowest BCUT2D eigenvalue weighted by atomic mass is 10.0. The number of amides is 2. The first-order valence-electron chi connectivity index (χ1n) is 14.2. The average Bonchev–Trinajstić information content (AvgIpc) is 3.55. The molecule has 44 heavy (non-hydrogen) atoms. The summed E-state index contributed by atoms with van der Waals surface area (Å²) in [6, 6.07) is 41.0. The second-order valence-electron chi connectivity index (χ2n) is 10.7. The van der Waals surface area contributed by atoms with Crippen molar-refractivity contribution in [1.82, 2.24) is 9.55 Å². The Bertz CT molecular complexity index is 2330. The monoisotopic (exact) mass is 566 g/mol. The third kappa shape index (κ3) is 3.84. The zero-order valence-electron chi connectivity index (χ0n) is 23.3. The lowest BCUT2D eigenvalue weighted by Gasteiger charge is -2.15. The number of rotatable bonds is 4. The minimum Gasteiger partial charge on any atom is -0.308 e. The van der Waals surface area contributed by atoms with E-state index in [4.69, 9.17) is 0 Å². The van der Waals surface area contributed by atoms with Gasteiger partial charge in [0, 0.05) is 28.7 Å². The Labute approximate surface area is 252 Å². The molecule has 2 amide bonds. The van der Waals surface area contributed by atoms with Crippen molar-refractivity contribution in [2.24, 2.45) is 0 Å². The standard InChI is InChI=1S/C38H22N4O2/c39-21-24-19-28(23-40-22-24)27-15-18-34-32(20-27)30-9-4-5-11-33(30)42(34)35-12-6-10-31-36(35)38(44)41(37(31)43)29-16-13-26(14-17-29)25-7-2-1-3-8-25/h1-20,22-23H. The highest BCUT2D eigenvalue weighted by atomic mass is 16.2. The van der Waals surface area contributed by atoms with Gasteiger partial charge >= 0.3 is 0 Å². The first-order chi connectivity index (χ1) is 21.6. The third-order valence-electron chi connectivity index (χ3n) is 8.24. The Balaban J connectivity index is 1.26. The molecule has 1 aliphatic heterocycles. The molecule has 0 bridgehead atoms. The van der Waals surface area contributed by atoms with Crippen molar-refractivity contribution < 1.29 is 9.59 Å². The van der Waals surface area contributed by atoms with E-state index in [0.717, 1.165) is 44.1 Å². The van der Waals surface area contributed by atoms with Crippen LogP contribution in [0.15, 0.2) is 134 Å². The molecule has 0 fully saturated rings. The van der Waals surface area contributed by atoms with E-state index in [9.17, 15) is 14.9 Å². The predicted octanol–water partition coefficient (Wildman–Crippen LogP) is 8.18. The molecule has 0 N–H and O–H groups in total. The summed E-state index contributed by atoms with van der Waals surface area (Å²) < 4.78 is 2.06. The molecule has 0 saturated heterocycles. The van der Waals surface area contributed by atoms with Crippen molar-refractivity contribution in [3.05, 3.63) is 150 Å². The van der Waals surface area contributed by atoms with E-state index in [0.29, 0.717) is 28.1 Å². The van der Waals surface area contributed by atoms with Crippen molar-refractivity contribution in [2.45, 2.75) is 0 Å². The SMILES string of the molecule is N#Cc1cncc(-c2ccc3c(c2)c2ccccc2n3-c2cccc3c2C(=O)N(c2ccc(-c4ccccc4)cc2)C3=O)c1. The van der Waals surface area contributed by atoms with Gasteiger partial charge in [0.1, 0.15) is 6.07 Å². The number of fused-ring (bicyclic) bond motifs is 4. The van der Waals surface area contributed by atoms with Gasteiger partial charge in [-0.2, -0.15) is 5.26 Å². The Kier molecular flexibility index (Phi) is 5.71. The van der Waals surface area contributed by atoms with Crippen LogP contribution >= 0.6 is 0 Å². The Morgan fingerprint density at radius 2 is 1.32 bits per heavy atom. The molecule has 0 spiro atoms. The summed E-state index contributed by atoms with van der Waals surface area (Å²) in [7, 11) is 0. The largest absolute Gasteiger partial charge is 0.308 e. The number of nitrogens with zero attached hydrogens (tertiary/aromatic N) is 4.